The second-order valence-corrected chi connectivity index (χ2v) is 9.46. The lowest BCUT2D eigenvalue weighted by Gasteiger charge is -2.11. The Morgan fingerprint density at radius 3 is 2.40 bits per heavy atom. The first-order valence-electron chi connectivity index (χ1n) is 12.0. The van der Waals surface area contributed by atoms with Crippen LogP contribution in [0.3, 0.4) is 0 Å². The number of nitrogens with one attached hydrogen (secondary N) is 3. The number of ether oxygens (including phenoxy) is 1. The van der Waals surface area contributed by atoms with E-state index >= 15 is 0 Å². The average Bonchev–Trinajstić information content (AvgIpc) is 3.24. The van der Waals surface area contributed by atoms with Crippen molar-refractivity contribution >= 4 is 41.0 Å². The number of rotatable bonds is 10. The van der Waals surface area contributed by atoms with E-state index in [0.29, 0.717) is 16.3 Å². The van der Waals surface area contributed by atoms with Crippen LogP contribution in [0.15, 0.2) is 48.7 Å². The van der Waals surface area contributed by atoms with Crippen LogP contribution in [0, 0.1) is 6.92 Å². The van der Waals surface area contributed by atoms with Gasteiger partial charge in [-0.1, -0.05) is 23.7 Å². The zero-order chi connectivity index (χ0) is 29.4. The van der Waals surface area contributed by atoms with Crippen molar-refractivity contribution in [2.75, 3.05) is 44.4 Å². The number of amides is 3. The Kier molecular flexibility index (Phi) is 10.1. The largest absolute Gasteiger partial charge is 0.463 e. The molecule has 0 fully saturated rings. The maximum Gasteiger partial charge on any atom is 0.416 e. The summed E-state index contributed by atoms with van der Waals surface area (Å²) < 4.78 is 45.3. The van der Waals surface area contributed by atoms with Crippen molar-refractivity contribution in [2.24, 2.45) is 0 Å². The summed E-state index contributed by atoms with van der Waals surface area (Å²) in [6.07, 6.45) is -3.10. The first kappa shape index (κ1) is 30.4. The molecular formula is C26H28ClF3N6O4. The molecule has 0 unspecified atom stereocenters. The van der Waals surface area contributed by atoms with E-state index in [0.717, 1.165) is 17.7 Å². The summed E-state index contributed by atoms with van der Waals surface area (Å²) >= 11 is 5.95. The Hall–Kier alpha value is -4.10. The minimum Gasteiger partial charge on any atom is -0.463 e. The molecule has 0 saturated carbocycles. The number of esters is 1. The quantitative estimate of drug-likeness (QED) is 0.242. The average molecular weight is 581 g/mol. The number of benzene rings is 2. The first-order chi connectivity index (χ1) is 18.8. The van der Waals surface area contributed by atoms with Crippen molar-refractivity contribution in [1.29, 1.82) is 0 Å². The molecule has 0 saturated heterocycles. The summed E-state index contributed by atoms with van der Waals surface area (Å²) in [5.74, 6) is -1.19. The van der Waals surface area contributed by atoms with Crippen LogP contribution < -0.4 is 16.0 Å². The molecule has 40 heavy (non-hydrogen) atoms. The van der Waals surface area contributed by atoms with E-state index in [-0.39, 0.29) is 37.9 Å². The SMILES string of the molecule is Cc1cc(Cl)ccc1NC(=O)Nc1cn(Cc2ccc(C(F)(F)F)cc2)c(C(=O)NCCOC(=O)CN(C)C)n1. The van der Waals surface area contributed by atoms with Crippen molar-refractivity contribution in [3.05, 3.63) is 76.2 Å². The zero-order valence-corrected chi connectivity index (χ0v) is 22.7. The van der Waals surface area contributed by atoms with Crippen LogP contribution in [0.1, 0.15) is 27.3 Å². The Balaban J connectivity index is 1.74. The molecule has 0 radical (unpaired) electrons. The second kappa shape index (κ2) is 13.3. The number of carbonyl (C=O) groups is 3. The number of carbonyl (C=O) groups excluding carboxylic acids is 3. The number of aromatic nitrogens is 2. The lowest BCUT2D eigenvalue weighted by atomic mass is 10.1. The van der Waals surface area contributed by atoms with Gasteiger partial charge >= 0.3 is 18.2 Å². The van der Waals surface area contributed by atoms with Crippen LogP contribution in [0.2, 0.25) is 5.02 Å². The standard InChI is InChI=1S/C26H28ClF3N6O4/c1-16-12-19(27)8-9-20(16)32-25(39)34-21-14-36(13-17-4-6-18(7-5-17)26(28,29)30)23(33-21)24(38)31-10-11-40-22(37)15-35(2)3/h4-9,12,14H,10-11,13,15H2,1-3H3,(H,31,38)(H2,32,34,39). The monoisotopic (exact) mass is 580 g/mol. The summed E-state index contributed by atoms with van der Waals surface area (Å²) in [7, 11) is 3.42. The van der Waals surface area contributed by atoms with Gasteiger partial charge in [0, 0.05) is 23.5 Å². The van der Waals surface area contributed by atoms with E-state index in [4.69, 9.17) is 16.3 Å². The highest BCUT2D eigenvalue weighted by molar-refractivity contribution is 6.30. The smallest absolute Gasteiger partial charge is 0.416 e. The summed E-state index contributed by atoms with van der Waals surface area (Å²) in [5, 5.41) is 8.30. The maximum absolute atomic E-state index is 12.9. The van der Waals surface area contributed by atoms with Crippen molar-refractivity contribution in [2.45, 2.75) is 19.6 Å². The molecule has 3 rings (SSSR count). The van der Waals surface area contributed by atoms with Gasteiger partial charge in [0.2, 0.25) is 5.82 Å². The number of urea groups is 1. The third-order valence-corrected chi connectivity index (χ3v) is 5.62. The molecule has 2 aromatic carbocycles. The van der Waals surface area contributed by atoms with Crippen molar-refractivity contribution in [3.8, 4) is 0 Å². The summed E-state index contributed by atoms with van der Waals surface area (Å²) in [4.78, 5) is 43.0. The molecule has 3 amide bonds. The van der Waals surface area contributed by atoms with Gasteiger partial charge in [0.05, 0.1) is 18.7 Å². The minimum atomic E-state index is -4.48. The fraction of sp³-hybridized carbons (Fsp3) is 0.308. The second-order valence-electron chi connectivity index (χ2n) is 9.02. The van der Waals surface area contributed by atoms with Gasteiger partial charge in [-0.05, 0) is 62.5 Å². The highest BCUT2D eigenvalue weighted by Gasteiger charge is 2.30. The van der Waals surface area contributed by atoms with Gasteiger partial charge in [0.25, 0.3) is 5.91 Å². The van der Waals surface area contributed by atoms with E-state index in [9.17, 15) is 27.6 Å². The number of alkyl halides is 3. The molecule has 3 N–H and O–H groups in total. The highest BCUT2D eigenvalue weighted by atomic mass is 35.5. The molecule has 0 aliphatic rings. The Bertz CT molecular complexity index is 1360. The van der Waals surface area contributed by atoms with Crippen LogP contribution in [-0.2, 0) is 22.3 Å². The van der Waals surface area contributed by atoms with E-state index in [2.05, 4.69) is 20.9 Å². The summed E-state index contributed by atoms with van der Waals surface area (Å²) in [6.45, 7) is 1.75. The topological polar surface area (TPSA) is 118 Å². The lowest BCUT2D eigenvalue weighted by Crippen LogP contribution is -2.32. The fourth-order valence-corrected chi connectivity index (χ4v) is 3.75. The lowest BCUT2D eigenvalue weighted by molar-refractivity contribution is -0.144. The molecule has 10 nitrogen and oxygen atoms in total. The molecule has 14 heteroatoms. The van der Waals surface area contributed by atoms with Gasteiger partial charge in [-0.3, -0.25) is 19.8 Å². The predicted octanol–water partition coefficient (Wildman–Crippen LogP) is 4.39. The molecule has 0 spiro atoms. The molecule has 3 aromatic rings. The third kappa shape index (κ3) is 8.99. The Morgan fingerprint density at radius 2 is 1.77 bits per heavy atom. The maximum atomic E-state index is 12.9. The number of halogens is 4. The molecule has 0 aliphatic carbocycles. The normalized spacial score (nSPS) is 11.3. The highest BCUT2D eigenvalue weighted by Crippen LogP contribution is 2.29. The number of hydrogen-bond donors (Lipinski definition) is 3. The molecular weight excluding hydrogens is 553 g/mol. The van der Waals surface area contributed by atoms with E-state index in [1.807, 2.05) is 0 Å². The van der Waals surface area contributed by atoms with Gasteiger partial charge in [0.1, 0.15) is 6.61 Å². The Labute approximate surface area is 233 Å². The number of imidazole rings is 1. The zero-order valence-electron chi connectivity index (χ0n) is 21.9. The predicted molar refractivity (Wildman–Crippen MR) is 143 cm³/mol. The first-order valence-corrected chi connectivity index (χ1v) is 12.4. The molecule has 0 aliphatic heterocycles. The van der Waals surface area contributed by atoms with Gasteiger partial charge in [-0.15, -0.1) is 0 Å². The number of anilines is 2. The van der Waals surface area contributed by atoms with Crippen molar-refractivity contribution < 1.29 is 32.3 Å². The van der Waals surface area contributed by atoms with Crippen LogP contribution in [-0.4, -0.2) is 66.2 Å². The molecule has 0 atom stereocenters. The number of likely N-dealkylation sites (N-methyl/N-ethyl adjacent to an activating group) is 1. The Morgan fingerprint density at radius 1 is 1.07 bits per heavy atom. The number of nitrogens with zero attached hydrogens (tertiary/aromatic N) is 3. The molecule has 0 bridgehead atoms. The van der Waals surface area contributed by atoms with Crippen LogP contribution in [0.25, 0.3) is 0 Å². The molecule has 1 heterocycles. The summed E-state index contributed by atoms with van der Waals surface area (Å²) in [6, 6.07) is 8.74. The van der Waals surface area contributed by atoms with E-state index < -0.39 is 29.6 Å². The molecule has 1 aromatic heterocycles. The number of hydrogen-bond acceptors (Lipinski definition) is 6. The van der Waals surface area contributed by atoms with Crippen LogP contribution >= 0.6 is 11.6 Å². The van der Waals surface area contributed by atoms with Crippen LogP contribution in [0.5, 0.6) is 0 Å². The van der Waals surface area contributed by atoms with Crippen molar-refractivity contribution in [1.82, 2.24) is 19.8 Å². The van der Waals surface area contributed by atoms with Gasteiger partial charge < -0.3 is 19.9 Å². The van der Waals surface area contributed by atoms with E-state index in [1.54, 1.807) is 44.1 Å². The van der Waals surface area contributed by atoms with Crippen LogP contribution in [0.4, 0.5) is 29.5 Å². The molecule has 214 valence electrons. The van der Waals surface area contributed by atoms with Gasteiger partial charge in [-0.2, -0.15) is 13.2 Å². The van der Waals surface area contributed by atoms with Gasteiger partial charge in [-0.25, -0.2) is 9.78 Å². The fourth-order valence-electron chi connectivity index (χ4n) is 3.52. The van der Waals surface area contributed by atoms with Gasteiger partial charge in [0.15, 0.2) is 5.82 Å². The minimum absolute atomic E-state index is 0.00863. The summed E-state index contributed by atoms with van der Waals surface area (Å²) in [5.41, 5.74) is 0.889. The van der Waals surface area contributed by atoms with Crippen molar-refractivity contribution in [3.63, 3.8) is 0 Å². The van der Waals surface area contributed by atoms with E-state index in [1.165, 1.54) is 22.9 Å². The number of aryl methyl sites for hydroxylation is 1. The third-order valence-electron chi connectivity index (χ3n) is 5.39.